The van der Waals surface area contributed by atoms with Crippen LogP contribution in [-0.2, 0) is 25.6 Å². The maximum Gasteiger partial charge on any atom is 0.407 e. The molecule has 0 aromatic heterocycles. The maximum atomic E-state index is 13.9. The number of rotatable bonds is 10. The van der Waals surface area contributed by atoms with Gasteiger partial charge in [0.1, 0.15) is 11.4 Å². The number of alkyl carbamates (subject to hydrolysis) is 1. The summed E-state index contributed by atoms with van der Waals surface area (Å²) in [5, 5.41) is 5.40. The number of hydrogen-bond acceptors (Lipinski definition) is 7. The maximum absolute atomic E-state index is 13.9. The van der Waals surface area contributed by atoms with Crippen LogP contribution >= 0.6 is 0 Å². The highest BCUT2D eigenvalue weighted by Crippen LogP contribution is 2.41. The van der Waals surface area contributed by atoms with E-state index in [9.17, 15) is 14.4 Å². The summed E-state index contributed by atoms with van der Waals surface area (Å²) in [7, 11) is 3.27. The van der Waals surface area contributed by atoms with Crippen molar-refractivity contribution in [3.63, 3.8) is 0 Å². The van der Waals surface area contributed by atoms with Gasteiger partial charge in [0.15, 0.2) is 6.61 Å². The van der Waals surface area contributed by atoms with Gasteiger partial charge in [-0.3, -0.25) is 9.59 Å². The Morgan fingerprint density at radius 2 is 1.79 bits per heavy atom. The summed E-state index contributed by atoms with van der Waals surface area (Å²) >= 11 is 0. The Kier molecular flexibility index (Phi) is 10.6. The van der Waals surface area contributed by atoms with Crippen LogP contribution in [0.3, 0.4) is 0 Å². The molecule has 234 valence electrons. The third-order valence-electron chi connectivity index (χ3n) is 8.02. The number of piperidine rings is 1. The number of carbonyl (C=O) groups excluding carboxylic acids is 3. The first-order chi connectivity index (χ1) is 20.5. The first-order valence-electron chi connectivity index (χ1n) is 15.1. The number of ether oxygens (including phenoxy) is 3. The number of amides is 3. The molecule has 10 nitrogen and oxygen atoms in total. The van der Waals surface area contributed by atoms with Crippen molar-refractivity contribution in [2.45, 2.75) is 64.5 Å². The van der Waals surface area contributed by atoms with E-state index in [4.69, 9.17) is 14.2 Å². The monoisotopic (exact) mass is 594 g/mol. The molecule has 3 amide bonds. The minimum Gasteiger partial charge on any atom is -0.483 e. The van der Waals surface area contributed by atoms with E-state index in [1.807, 2.05) is 49.9 Å². The Balaban J connectivity index is 1.46. The molecule has 0 bridgehead atoms. The number of hydrogen-bond donors (Lipinski definition) is 2. The third-order valence-corrected chi connectivity index (χ3v) is 8.02. The molecule has 0 aliphatic carbocycles. The van der Waals surface area contributed by atoms with Crippen molar-refractivity contribution in [2.24, 2.45) is 0 Å². The fraction of sp³-hybridized carbons (Fsp3) is 0.545. The third kappa shape index (κ3) is 8.19. The molecule has 1 saturated heterocycles. The molecule has 10 heteroatoms. The van der Waals surface area contributed by atoms with E-state index in [0.717, 1.165) is 41.8 Å². The summed E-state index contributed by atoms with van der Waals surface area (Å²) in [6.07, 6.45) is 1.06. The molecule has 4 rings (SSSR count). The number of nitrogens with zero attached hydrogens (tertiary/aromatic N) is 2. The Labute approximate surface area is 255 Å². The van der Waals surface area contributed by atoms with Crippen LogP contribution in [0.15, 0.2) is 36.4 Å². The molecule has 1 fully saturated rings. The summed E-state index contributed by atoms with van der Waals surface area (Å²) < 4.78 is 16.6. The van der Waals surface area contributed by atoms with Gasteiger partial charge in [0, 0.05) is 52.6 Å². The molecule has 2 aliphatic rings. The first kappa shape index (κ1) is 32.1. The quantitative estimate of drug-likeness (QED) is 0.426. The summed E-state index contributed by atoms with van der Waals surface area (Å²) in [5.41, 5.74) is 4.72. The Morgan fingerprint density at radius 3 is 2.47 bits per heavy atom. The number of para-hydroxylation sites is 1. The standard InChI is InChI=1S/C33H46N4O6/c1-22-8-7-9-25-27(20-37(30(22)25)16-17-41-6)31(39)36-14-12-24(13-15-36)26-18-23(19-35-32(40)43-33(2,3)4)10-11-28(26)42-21-29(38)34-5/h7-11,18,24,27H,12-17,19-21H2,1-6H3,(H,34,38)(H,35,40). The number of fused-ring (bicyclic) bond motifs is 1. The second kappa shape index (κ2) is 14.1. The number of nitrogens with one attached hydrogen (secondary N) is 2. The summed E-state index contributed by atoms with van der Waals surface area (Å²) in [5.74, 6) is 0.534. The lowest BCUT2D eigenvalue weighted by Gasteiger charge is -2.34. The van der Waals surface area contributed by atoms with Crippen LogP contribution in [0.5, 0.6) is 5.75 Å². The zero-order valence-corrected chi connectivity index (χ0v) is 26.3. The van der Waals surface area contributed by atoms with Crippen molar-refractivity contribution in [1.82, 2.24) is 15.5 Å². The van der Waals surface area contributed by atoms with Crippen LogP contribution in [-0.4, -0.2) is 82.0 Å². The van der Waals surface area contributed by atoms with Crippen molar-refractivity contribution in [3.8, 4) is 5.75 Å². The largest absolute Gasteiger partial charge is 0.483 e. The van der Waals surface area contributed by atoms with E-state index in [-0.39, 0.29) is 30.3 Å². The molecule has 0 radical (unpaired) electrons. The average Bonchev–Trinajstić information content (AvgIpc) is 3.36. The van der Waals surface area contributed by atoms with E-state index in [0.29, 0.717) is 38.5 Å². The first-order valence-corrected chi connectivity index (χ1v) is 15.1. The molecule has 0 spiro atoms. The van der Waals surface area contributed by atoms with Crippen molar-refractivity contribution in [2.75, 3.05) is 58.5 Å². The van der Waals surface area contributed by atoms with Gasteiger partial charge < -0.3 is 34.6 Å². The van der Waals surface area contributed by atoms with Gasteiger partial charge in [-0.05, 0) is 74.8 Å². The topological polar surface area (TPSA) is 109 Å². The Hall–Kier alpha value is -3.79. The normalized spacial score (nSPS) is 16.9. The van der Waals surface area contributed by atoms with Gasteiger partial charge in [0.05, 0.1) is 12.5 Å². The Bertz CT molecular complexity index is 1300. The predicted octanol–water partition coefficient (Wildman–Crippen LogP) is 4.10. The lowest BCUT2D eigenvalue weighted by molar-refractivity contribution is -0.133. The van der Waals surface area contributed by atoms with Crippen LogP contribution in [0.2, 0.25) is 0 Å². The summed E-state index contributed by atoms with van der Waals surface area (Å²) in [6.45, 7) is 11.1. The van der Waals surface area contributed by atoms with E-state index in [2.05, 4.69) is 34.6 Å². The summed E-state index contributed by atoms with van der Waals surface area (Å²) in [6, 6.07) is 12.0. The van der Waals surface area contributed by atoms with Crippen molar-refractivity contribution in [1.29, 1.82) is 0 Å². The highest BCUT2D eigenvalue weighted by Gasteiger charge is 2.38. The number of anilines is 1. The molecule has 2 aromatic rings. The second-order valence-corrected chi connectivity index (χ2v) is 12.3. The lowest BCUT2D eigenvalue weighted by atomic mass is 9.87. The molecular formula is C33H46N4O6. The van der Waals surface area contributed by atoms with Gasteiger partial charge in [-0.25, -0.2) is 4.79 Å². The highest BCUT2D eigenvalue weighted by molar-refractivity contribution is 5.89. The Morgan fingerprint density at radius 1 is 1.05 bits per heavy atom. The lowest BCUT2D eigenvalue weighted by Crippen LogP contribution is -2.42. The van der Waals surface area contributed by atoms with Crippen LogP contribution < -0.4 is 20.3 Å². The number of likely N-dealkylation sites (N-methyl/N-ethyl adjacent to an activating group) is 1. The minimum absolute atomic E-state index is 0.0869. The number of benzene rings is 2. The van der Waals surface area contributed by atoms with E-state index >= 15 is 0 Å². The fourth-order valence-corrected chi connectivity index (χ4v) is 5.91. The molecule has 1 atom stereocenters. The van der Waals surface area contributed by atoms with Gasteiger partial charge in [0.2, 0.25) is 5.91 Å². The molecule has 2 aliphatic heterocycles. The van der Waals surface area contributed by atoms with Crippen LogP contribution in [0.4, 0.5) is 10.5 Å². The van der Waals surface area contributed by atoms with Gasteiger partial charge in [0.25, 0.3) is 5.91 Å². The summed E-state index contributed by atoms with van der Waals surface area (Å²) in [4.78, 5) is 42.3. The molecule has 0 saturated carbocycles. The predicted molar refractivity (Wildman–Crippen MR) is 166 cm³/mol. The zero-order valence-electron chi connectivity index (χ0n) is 26.3. The highest BCUT2D eigenvalue weighted by atomic mass is 16.6. The van der Waals surface area contributed by atoms with Gasteiger partial charge in [-0.2, -0.15) is 0 Å². The second-order valence-electron chi connectivity index (χ2n) is 12.3. The van der Waals surface area contributed by atoms with E-state index in [1.54, 1.807) is 14.2 Å². The molecule has 43 heavy (non-hydrogen) atoms. The number of methoxy groups -OCH3 is 1. The SMILES string of the molecule is CNC(=O)COc1ccc(CNC(=O)OC(C)(C)C)cc1C1CCN(C(=O)C2CN(CCOC)c3c(C)cccc32)CC1. The van der Waals surface area contributed by atoms with Crippen molar-refractivity contribution in [3.05, 3.63) is 58.7 Å². The molecule has 2 heterocycles. The van der Waals surface area contributed by atoms with E-state index in [1.165, 1.54) is 5.56 Å². The molecule has 1 unspecified atom stereocenters. The number of carbonyl (C=O) groups is 3. The van der Waals surface area contributed by atoms with Crippen LogP contribution in [0.1, 0.15) is 67.7 Å². The van der Waals surface area contributed by atoms with Gasteiger partial charge >= 0.3 is 6.09 Å². The van der Waals surface area contributed by atoms with Gasteiger partial charge in [-0.15, -0.1) is 0 Å². The van der Waals surface area contributed by atoms with Crippen molar-refractivity contribution >= 4 is 23.6 Å². The van der Waals surface area contributed by atoms with Crippen LogP contribution in [0.25, 0.3) is 0 Å². The molecule has 2 aromatic carbocycles. The van der Waals surface area contributed by atoms with Crippen LogP contribution in [0, 0.1) is 6.92 Å². The average molecular weight is 595 g/mol. The zero-order chi connectivity index (χ0) is 31.1. The van der Waals surface area contributed by atoms with E-state index < -0.39 is 11.7 Å². The number of likely N-dealkylation sites (tertiary alicyclic amines) is 1. The van der Waals surface area contributed by atoms with Crippen molar-refractivity contribution < 1.29 is 28.6 Å². The molecule has 2 N–H and O–H groups in total. The number of aryl methyl sites for hydroxylation is 1. The fourth-order valence-electron chi connectivity index (χ4n) is 5.91. The minimum atomic E-state index is -0.584. The molecular weight excluding hydrogens is 548 g/mol. The van der Waals surface area contributed by atoms with Gasteiger partial charge in [-0.1, -0.05) is 30.3 Å². The smallest absolute Gasteiger partial charge is 0.407 e.